The molecule has 0 aliphatic carbocycles. The van der Waals surface area contributed by atoms with Crippen molar-refractivity contribution in [3.05, 3.63) is 30.1 Å². The zero-order valence-electron chi connectivity index (χ0n) is 12.3. The molecule has 2 aromatic rings. The molecule has 5 nitrogen and oxygen atoms in total. The molecule has 0 saturated carbocycles. The summed E-state index contributed by atoms with van der Waals surface area (Å²) in [6, 6.07) is 6.01. The highest BCUT2D eigenvalue weighted by Crippen LogP contribution is 2.34. The topological polar surface area (TPSA) is 66.3 Å². The first kappa shape index (κ1) is 13.8. The Balaban J connectivity index is 2.12. The molecule has 3 rings (SSSR count). The Morgan fingerprint density at radius 1 is 1.38 bits per heavy atom. The lowest BCUT2D eigenvalue weighted by Gasteiger charge is -2.29. The number of hydrogen-bond acceptors (Lipinski definition) is 4. The Morgan fingerprint density at radius 2 is 2.19 bits per heavy atom. The van der Waals surface area contributed by atoms with E-state index in [1.165, 1.54) is 12.7 Å². The molecule has 0 amide bonds. The van der Waals surface area contributed by atoms with Crippen LogP contribution in [0.1, 0.15) is 43.5 Å². The van der Waals surface area contributed by atoms with E-state index in [4.69, 9.17) is 5.11 Å². The third-order valence-corrected chi connectivity index (χ3v) is 4.36. The smallest absolute Gasteiger partial charge is 0.335 e. The lowest BCUT2D eigenvalue weighted by Crippen LogP contribution is -2.35. The van der Waals surface area contributed by atoms with Gasteiger partial charge in [-0.1, -0.05) is 6.92 Å². The maximum Gasteiger partial charge on any atom is 0.335 e. The van der Waals surface area contributed by atoms with Crippen molar-refractivity contribution in [2.24, 2.45) is 0 Å². The summed E-state index contributed by atoms with van der Waals surface area (Å²) in [7, 11) is 0. The third-order valence-electron chi connectivity index (χ3n) is 4.36. The lowest BCUT2D eigenvalue weighted by molar-refractivity contribution is 0.0697. The van der Waals surface area contributed by atoms with E-state index in [0.717, 1.165) is 24.0 Å². The van der Waals surface area contributed by atoms with E-state index in [1.54, 1.807) is 12.1 Å². The second-order valence-corrected chi connectivity index (χ2v) is 5.63. The molecule has 0 spiro atoms. The third kappa shape index (κ3) is 2.33. The number of carbonyl (C=O) groups is 1. The minimum absolute atomic E-state index is 0.258. The summed E-state index contributed by atoms with van der Waals surface area (Å²) >= 11 is 0. The van der Waals surface area contributed by atoms with Crippen molar-refractivity contribution in [3.8, 4) is 0 Å². The normalized spacial score (nSPS) is 21.9. The van der Waals surface area contributed by atoms with Crippen LogP contribution in [0.3, 0.4) is 0 Å². The quantitative estimate of drug-likeness (QED) is 0.938. The zero-order valence-corrected chi connectivity index (χ0v) is 12.3. The van der Waals surface area contributed by atoms with Crippen molar-refractivity contribution in [2.75, 3.05) is 4.90 Å². The van der Waals surface area contributed by atoms with Crippen molar-refractivity contribution < 1.29 is 9.90 Å². The summed E-state index contributed by atoms with van der Waals surface area (Å²) in [4.78, 5) is 22.2. The fourth-order valence-corrected chi connectivity index (χ4v) is 3.24. The number of nitrogens with zero attached hydrogens (tertiary/aromatic N) is 3. The van der Waals surface area contributed by atoms with Crippen LogP contribution in [0.15, 0.2) is 24.5 Å². The van der Waals surface area contributed by atoms with Gasteiger partial charge in [0.2, 0.25) is 0 Å². The van der Waals surface area contributed by atoms with Gasteiger partial charge in [-0.25, -0.2) is 14.8 Å². The van der Waals surface area contributed by atoms with Crippen molar-refractivity contribution >= 4 is 22.7 Å². The number of aromatic carboxylic acids is 1. The molecular weight excluding hydrogens is 266 g/mol. The van der Waals surface area contributed by atoms with Gasteiger partial charge in [0.25, 0.3) is 0 Å². The van der Waals surface area contributed by atoms with E-state index < -0.39 is 5.97 Å². The van der Waals surface area contributed by atoms with Gasteiger partial charge in [-0.3, -0.25) is 0 Å². The van der Waals surface area contributed by atoms with Crippen molar-refractivity contribution in [2.45, 2.75) is 45.2 Å². The second kappa shape index (κ2) is 5.31. The summed E-state index contributed by atoms with van der Waals surface area (Å²) in [6.45, 7) is 4.41. The van der Waals surface area contributed by atoms with E-state index in [1.807, 2.05) is 6.07 Å². The molecule has 21 heavy (non-hydrogen) atoms. The van der Waals surface area contributed by atoms with Crippen LogP contribution < -0.4 is 4.90 Å². The van der Waals surface area contributed by atoms with Crippen LogP contribution in [0.2, 0.25) is 0 Å². The SMILES string of the molecule is CCC1CCC(C)N1c1ncnc2cc(C(=O)O)ccc12. The van der Waals surface area contributed by atoms with Gasteiger partial charge in [-0.05, 0) is 44.4 Å². The maximum absolute atomic E-state index is 11.1. The molecule has 1 saturated heterocycles. The molecule has 2 heterocycles. The minimum atomic E-state index is -0.932. The van der Waals surface area contributed by atoms with Crippen LogP contribution in [-0.4, -0.2) is 33.1 Å². The van der Waals surface area contributed by atoms with Gasteiger partial charge in [0, 0.05) is 17.5 Å². The van der Waals surface area contributed by atoms with Gasteiger partial charge in [0.15, 0.2) is 0 Å². The number of anilines is 1. The average Bonchev–Trinajstić information content (AvgIpc) is 2.86. The Hall–Kier alpha value is -2.17. The molecule has 1 aromatic carbocycles. The van der Waals surface area contributed by atoms with E-state index in [9.17, 15) is 4.79 Å². The van der Waals surface area contributed by atoms with Gasteiger partial charge >= 0.3 is 5.97 Å². The van der Waals surface area contributed by atoms with Crippen LogP contribution in [0.5, 0.6) is 0 Å². The molecule has 2 atom stereocenters. The van der Waals surface area contributed by atoms with Gasteiger partial charge < -0.3 is 10.0 Å². The molecule has 0 bridgehead atoms. The highest BCUT2D eigenvalue weighted by Gasteiger charge is 2.31. The van der Waals surface area contributed by atoms with Gasteiger partial charge in [0.05, 0.1) is 11.1 Å². The summed E-state index contributed by atoms with van der Waals surface area (Å²) in [5.74, 6) is -0.00757. The van der Waals surface area contributed by atoms with Crippen LogP contribution in [0.25, 0.3) is 10.9 Å². The Kier molecular flexibility index (Phi) is 3.49. The number of aromatic nitrogens is 2. The highest BCUT2D eigenvalue weighted by atomic mass is 16.4. The molecule has 110 valence electrons. The number of rotatable bonds is 3. The molecule has 2 unspecified atom stereocenters. The van der Waals surface area contributed by atoms with Crippen molar-refractivity contribution in [1.29, 1.82) is 0 Å². The number of benzene rings is 1. The Labute approximate surface area is 123 Å². The molecule has 5 heteroatoms. The fourth-order valence-electron chi connectivity index (χ4n) is 3.24. The first-order chi connectivity index (χ1) is 10.1. The highest BCUT2D eigenvalue weighted by molar-refractivity contribution is 5.96. The largest absolute Gasteiger partial charge is 0.478 e. The van der Waals surface area contributed by atoms with E-state index in [-0.39, 0.29) is 5.56 Å². The van der Waals surface area contributed by atoms with Crippen molar-refractivity contribution in [3.63, 3.8) is 0 Å². The molecule has 0 radical (unpaired) electrons. The number of carboxylic acids is 1. The molecule has 1 aromatic heterocycles. The van der Waals surface area contributed by atoms with E-state index in [0.29, 0.717) is 17.6 Å². The second-order valence-electron chi connectivity index (χ2n) is 5.63. The Bertz CT molecular complexity index is 686. The van der Waals surface area contributed by atoms with E-state index >= 15 is 0 Å². The van der Waals surface area contributed by atoms with Gasteiger partial charge in [-0.15, -0.1) is 0 Å². The molecule has 1 fully saturated rings. The monoisotopic (exact) mass is 285 g/mol. The first-order valence-electron chi connectivity index (χ1n) is 7.38. The van der Waals surface area contributed by atoms with E-state index in [2.05, 4.69) is 28.7 Å². The average molecular weight is 285 g/mol. The van der Waals surface area contributed by atoms with Crippen molar-refractivity contribution in [1.82, 2.24) is 9.97 Å². The molecule has 1 N–H and O–H groups in total. The summed E-state index contributed by atoms with van der Waals surface area (Å²) in [5.41, 5.74) is 0.947. The molecule has 1 aliphatic rings. The van der Waals surface area contributed by atoms with Gasteiger partial charge in [-0.2, -0.15) is 0 Å². The van der Waals surface area contributed by atoms with Crippen LogP contribution >= 0.6 is 0 Å². The van der Waals surface area contributed by atoms with Crippen LogP contribution in [-0.2, 0) is 0 Å². The number of fused-ring (bicyclic) bond motifs is 1. The standard InChI is InChI=1S/C16H19N3O2/c1-3-12-6-4-10(2)19(12)15-13-7-5-11(16(20)21)8-14(13)17-9-18-15/h5,7-10,12H,3-4,6H2,1-2H3,(H,20,21). The summed E-state index contributed by atoms with van der Waals surface area (Å²) in [5, 5.41) is 10.0. The Morgan fingerprint density at radius 3 is 2.90 bits per heavy atom. The number of hydrogen-bond donors (Lipinski definition) is 1. The van der Waals surface area contributed by atoms with Crippen LogP contribution in [0.4, 0.5) is 5.82 Å². The number of carboxylic acid groups (broad SMARTS) is 1. The minimum Gasteiger partial charge on any atom is -0.478 e. The summed E-state index contributed by atoms with van der Waals surface area (Å²) < 4.78 is 0. The maximum atomic E-state index is 11.1. The van der Waals surface area contributed by atoms with Crippen LogP contribution in [0, 0.1) is 0 Å². The lowest BCUT2D eigenvalue weighted by atomic mass is 10.1. The molecule has 1 aliphatic heterocycles. The predicted molar refractivity (Wildman–Crippen MR) is 81.8 cm³/mol. The molecular formula is C16H19N3O2. The predicted octanol–water partition coefficient (Wildman–Crippen LogP) is 3.10. The fraction of sp³-hybridized carbons (Fsp3) is 0.438. The summed E-state index contributed by atoms with van der Waals surface area (Å²) in [6.07, 6.45) is 4.96. The first-order valence-corrected chi connectivity index (χ1v) is 7.38. The van der Waals surface area contributed by atoms with Gasteiger partial charge in [0.1, 0.15) is 12.1 Å². The zero-order chi connectivity index (χ0) is 15.0.